The molecule has 0 amide bonds. The van der Waals surface area contributed by atoms with Gasteiger partial charge in [-0.05, 0) is 42.8 Å². The molecule has 0 saturated heterocycles. The van der Waals surface area contributed by atoms with Gasteiger partial charge in [0.2, 0.25) is 0 Å². The van der Waals surface area contributed by atoms with Gasteiger partial charge in [-0.1, -0.05) is 17.7 Å². The van der Waals surface area contributed by atoms with Crippen LogP contribution in [0.5, 0.6) is 5.75 Å². The molecule has 116 valence electrons. The van der Waals surface area contributed by atoms with Gasteiger partial charge >= 0.3 is 0 Å². The fraction of sp³-hybridized carbons (Fsp3) is 0.167. The lowest BCUT2D eigenvalue weighted by Crippen LogP contribution is -2.17. The van der Waals surface area contributed by atoms with E-state index in [-0.39, 0.29) is 0 Å². The van der Waals surface area contributed by atoms with Crippen LogP contribution >= 0.6 is 22.9 Å². The van der Waals surface area contributed by atoms with Crippen molar-refractivity contribution < 1.29 is 4.74 Å². The number of nitrogens with one attached hydrogen (secondary N) is 1. The lowest BCUT2D eigenvalue weighted by atomic mass is 10.1. The number of rotatable bonds is 2. The zero-order valence-corrected chi connectivity index (χ0v) is 14.2. The largest absolute Gasteiger partial charge is 0.490 e. The van der Waals surface area contributed by atoms with Gasteiger partial charge in [0.1, 0.15) is 17.4 Å². The Morgan fingerprint density at radius 1 is 1.17 bits per heavy atom. The van der Waals surface area contributed by atoms with Gasteiger partial charge in [0.15, 0.2) is 0 Å². The van der Waals surface area contributed by atoms with E-state index in [4.69, 9.17) is 21.3 Å². The molecule has 1 aromatic heterocycles. The van der Waals surface area contributed by atoms with Gasteiger partial charge in [0.05, 0.1) is 11.4 Å². The predicted molar refractivity (Wildman–Crippen MR) is 96.7 cm³/mol. The van der Waals surface area contributed by atoms with Crippen LogP contribution in [0.4, 0.5) is 5.69 Å². The molecule has 5 heteroatoms. The van der Waals surface area contributed by atoms with Crippen LogP contribution < -0.4 is 10.1 Å². The van der Waals surface area contributed by atoms with Crippen LogP contribution in [0.2, 0.25) is 5.02 Å². The van der Waals surface area contributed by atoms with E-state index in [1.54, 1.807) is 11.3 Å². The van der Waals surface area contributed by atoms with Crippen LogP contribution in [0.3, 0.4) is 0 Å². The van der Waals surface area contributed by atoms with Crippen molar-refractivity contribution >= 4 is 28.6 Å². The summed E-state index contributed by atoms with van der Waals surface area (Å²) in [5.41, 5.74) is 5.27. The number of nitrogens with zero attached hydrogens (tertiary/aromatic N) is 1. The fourth-order valence-electron chi connectivity index (χ4n) is 2.62. The Kier molecular flexibility index (Phi) is 3.71. The van der Waals surface area contributed by atoms with Crippen molar-refractivity contribution in [2.45, 2.75) is 6.92 Å². The average molecular weight is 343 g/mol. The first-order chi connectivity index (χ1) is 11.2. The van der Waals surface area contributed by atoms with Gasteiger partial charge < -0.3 is 10.1 Å². The molecule has 0 radical (unpaired) electrons. The summed E-state index contributed by atoms with van der Waals surface area (Å²) >= 11 is 7.75. The summed E-state index contributed by atoms with van der Waals surface area (Å²) in [6, 6.07) is 12.2. The minimum absolute atomic E-state index is 0.712. The molecule has 23 heavy (non-hydrogen) atoms. The van der Waals surface area contributed by atoms with Crippen LogP contribution in [0.25, 0.3) is 21.8 Å². The fourth-order valence-corrected chi connectivity index (χ4v) is 3.56. The third-order valence-corrected chi connectivity index (χ3v) is 5.17. The first-order valence-electron chi connectivity index (χ1n) is 7.44. The summed E-state index contributed by atoms with van der Waals surface area (Å²) in [4.78, 5) is 4.78. The second kappa shape index (κ2) is 5.87. The van der Waals surface area contributed by atoms with Crippen molar-refractivity contribution in [3.63, 3.8) is 0 Å². The number of anilines is 1. The highest BCUT2D eigenvalue weighted by Crippen LogP contribution is 2.35. The molecule has 4 rings (SSSR count). The highest BCUT2D eigenvalue weighted by Gasteiger charge is 2.13. The first-order valence-corrected chi connectivity index (χ1v) is 8.69. The maximum atomic E-state index is 6.10. The molecule has 0 bridgehead atoms. The maximum absolute atomic E-state index is 6.10. The second-order valence-electron chi connectivity index (χ2n) is 5.49. The number of hydrogen-bond donors (Lipinski definition) is 1. The van der Waals surface area contributed by atoms with Gasteiger partial charge in [-0.2, -0.15) is 0 Å². The van der Waals surface area contributed by atoms with E-state index in [9.17, 15) is 0 Å². The Bertz CT molecular complexity index is 875. The standard InChI is InChI=1S/C18H15ClN2OS/c1-11-8-12(2-4-14(11)19)16-10-23-18(21-16)13-3-5-17-15(9-13)20-6-7-22-17/h2-5,8-10,20H,6-7H2,1H3. The molecule has 0 spiro atoms. The van der Waals surface area contributed by atoms with Gasteiger partial charge in [-0.25, -0.2) is 4.98 Å². The second-order valence-corrected chi connectivity index (χ2v) is 6.75. The van der Waals surface area contributed by atoms with Crippen LogP contribution in [-0.2, 0) is 0 Å². The number of aryl methyl sites for hydroxylation is 1. The monoisotopic (exact) mass is 342 g/mol. The van der Waals surface area contributed by atoms with Crippen molar-refractivity contribution in [3.8, 4) is 27.6 Å². The quantitative estimate of drug-likeness (QED) is 0.691. The molecule has 2 aromatic carbocycles. The smallest absolute Gasteiger partial charge is 0.142 e. The maximum Gasteiger partial charge on any atom is 0.142 e. The molecule has 2 heterocycles. The topological polar surface area (TPSA) is 34.1 Å². The van der Waals surface area contributed by atoms with Crippen molar-refractivity contribution in [1.29, 1.82) is 0 Å². The van der Waals surface area contributed by atoms with Crippen molar-refractivity contribution in [1.82, 2.24) is 4.98 Å². The molecule has 0 fully saturated rings. The highest BCUT2D eigenvalue weighted by atomic mass is 35.5. The van der Waals surface area contributed by atoms with Crippen LogP contribution in [0, 0.1) is 6.92 Å². The lowest BCUT2D eigenvalue weighted by molar-refractivity contribution is 0.323. The number of benzene rings is 2. The third-order valence-electron chi connectivity index (χ3n) is 3.86. The van der Waals surface area contributed by atoms with Crippen LogP contribution in [-0.4, -0.2) is 18.1 Å². The van der Waals surface area contributed by atoms with Crippen LogP contribution in [0.15, 0.2) is 41.8 Å². The predicted octanol–water partition coefficient (Wildman–Crippen LogP) is 5.24. The molecule has 1 aliphatic heterocycles. The molecule has 3 nitrogen and oxygen atoms in total. The molecule has 0 saturated carbocycles. The molecule has 0 unspecified atom stereocenters. The van der Waals surface area contributed by atoms with E-state index in [0.29, 0.717) is 6.61 Å². The Morgan fingerprint density at radius 3 is 2.91 bits per heavy atom. The normalized spacial score (nSPS) is 13.1. The van der Waals surface area contributed by atoms with E-state index in [1.165, 1.54) is 0 Å². The molecule has 1 N–H and O–H groups in total. The molecule has 0 atom stereocenters. The van der Waals surface area contributed by atoms with Crippen molar-refractivity contribution in [2.75, 3.05) is 18.5 Å². The summed E-state index contributed by atoms with van der Waals surface area (Å²) in [6.07, 6.45) is 0. The summed E-state index contributed by atoms with van der Waals surface area (Å²) < 4.78 is 5.62. The molecule has 3 aromatic rings. The zero-order valence-electron chi connectivity index (χ0n) is 12.6. The van der Waals surface area contributed by atoms with Gasteiger partial charge in [-0.15, -0.1) is 11.3 Å². The number of aromatic nitrogens is 1. The van der Waals surface area contributed by atoms with E-state index < -0.39 is 0 Å². The summed E-state index contributed by atoms with van der Waals surface area (Å²) in [6.45, 7) is 3.56. The minimum Gasteiger partial charge on any atom is -0.490 e. The van der Waals surface area contributed by atoms with E-state index >= 15 is 0 Å². The van der Waals surface area contributed by atoms with Gasteiger partial charge in [0.25, 0.3) is 0 Å². The SMILES string of the molecule is Cc1cc(-c2csc(-c3ccc4c(c3)NCCO4)n2)ccc1Cl. The van der Waals surface area contributed by atoms with Gasteiger partial charge in [0, 0.05) is 28.1 Å². The van der Waals surface area contributed by atoms with E-state index in [1.807, 2.05) is 25.1 Å². The van der Waals surface area contributed by atoms with Crippen molar-refractivity contribution in [2.24, 2.45) is 0 Å². The average Bonchev–Trinajstić information content (AvgIpc) is 3.07. The Balaban J connectivity index is 1.68. The molecule has 0 aliphatic carbocycles. The van der Waals surface area contributed by atoms with Gasteiger partial charge in [-0.3, -0.25) is 0 Å². The molecule has 1 aliphatic rings. The van der Waals surface area contributed by atoms with E-state index in [0.717, 1.165) is 50.4 Å². The number of hydrogen-bond acceptors (Lipinski definition) is 4. The number of halogens is 1. The number of fused-ring (bicyclic) bond motifs is 1. The first kappa shape index (κ1) is 14.5. The molecular weight excluding hydrogens is 328 g/mol. The van der Waals surface area contributed by atoms with E-state index in [2.05, 4.69) is 28.9 Å². The van der Waals surface area contributed by atoms with Crippen LogP contribution in [0.1, 0.15) is 5.56 Å². The Morgan fingerprint density at radius 2 is 2.04 bits per heavy atom. The van der Waals surface area contributed by atoms with Crippen molar-refractivity contribution in [3.05, 3.63) is 52.4 Å². The Labute approximate surface area is 143 Å². The number of ether oxygens (including phenoxy) is 1. The molecular formula is C18H15ClN2OS. The number of thiazole rings is 1. The highest BCUT2D eigenvalue weighted by molar-refractivity contribution is 7.13. The lowest BCUT2D eigenvalue weighted by Gasteiger charge is -2.19. The zero-order chi connectivity index (χ0) is 15.8. The summed E-state index contributed by atoms with van der Waals surface area (Å²) in [5.74, 6) is 0.908. The minimum atomic E-state index is 0.712. The summed E-state index contributed by atoms with van der Waals surface area (Å²) in [7, 11) is 0. The Hall–Kier alpha value is -2.04. The third kappa shape index (κ3) is 2.80. The summed E-state index contributed by atoms with van der Waals surface area (Å²) in [5, 5.41) is 7.23.